The van der Waals surface area contributed by atoms with Gasteiger partial charge in [0.1, 0.15) is 6.54 Å². The van der Waals surface area contributed by atoms with Gasteiger partial charge in [0, 0.05) is 4.90 Å². The lowest BCUT2D eigenvalue weighted by Crippen LogP contribution is -2.37. The molecule has 10 heteroatoms. The molecule has 1 heterocycles. The molecule has 0 unspecified atom stereocenters. The van der Waals surface area contributed by atoms with E-state index in [1.807, 2.05) is 0 Å². The molecule has 2 aromatic rings. The van der Waals surface area contributed by atoms with Crippen LogP contribution in [0.2, 0.25) is 10.0 Å². The molecule has 140 valence electrons. The Morgan fingerprint density at radius 2 is 1.63 bits per heavy atom. The third-order valence-electron chi connectivity index (χ3n) is 3.69. The minimum Gasteiger partial charge on any atom is -0.324 e. The summed E-state index contributed by atoms with van der Waals surface area (Å²) in [6.45, 7) is -0.574. The van der Waals surface area contributed by atoms with Gasteiger partial charge < -0.3 is 5.32 Å². The van der Waals surface area contributed by atoms with Crippen molar-refractivity contribution < 1.29 is 23.2 Å². The van der Waals surface area contributed by atoms with Crippen LogP contribution in [-0.4, -0.2) is 34.9 Å². The molecule has 5 nitrogen and oxygen atoms in total. The van der Waals surface area contributed by atoms with E-state index >= 15 is 0 Å². The molecule has 0 radical (unpaired) electrons. The number of hydrogen-bond acceptors (Lipinski definition) is 4. The van der Waals surface area contributed by atoms with Crippen molar-refractivity contribution in [3.8, 4) is 0 Å². The first-order chi connectivity index (χ1) is 12.8. The van der Waals surface area contributed by atoms with Gasteiger partial charge in [-0.05, 0) is 24.3 Å². The summed E-state index contributed by atoms with van der Waals surface area (Å²) in [5.74, 6) is -4.73. The Morgan fingerprint density at radius 1 is 1.07 bits per heavy atom. The zero-order chi connectivity index (χ0) is 19.7. The van der Waals surface area contributed by atoms with Crippen LogP contribution in [0.25, 0.3) is 0 Å². The summed E-state index contributed by atoms with van der Waals surface area (Å²) >= 11 is 12.0. The number of hydrogen-bond donors (Lipinski definition) is 1. The number of nitrogens with zero attached hydrogens (tertiary/aromatic N) is 1. The van der Waals surface area contributed by atoms with Crippen LogP contribution in [0.5, 0.6) is 0 Å². The Morgan fingerprint density at radius 3 is 2.19 bits per heavy atom. The fourth-order valence-corrected chi connectivity index (χ4v) is 3.45. The molecule has 3 rings (SSSR count). The zero-order valence-electron chi connectivity index (χ0n) is 13.3. The summed E-state index contributed by atoms with van der Waals surface area (Å²) < 4.78 is 25.2. The molecule has 1 aliphatic rings. The van der Waals surface area contributed by atoms with Gasteiger partial charge in [-0.3, -0.25) is 19.3 Å². The van der Waals surface area contributed by atoms with E-state index in [0.29, 0.717) is 0 Å². The monoisotopic (exact) mass is 430 g/mol. The molecule has 27 heavy (non-hydrogen) atoms. The average Bonchev–Trinajstić information content (AvgIpc) is 2.81. The van der Waals surface area contributed by atoms with Crippen molar-refractivity contribution in [2.45, 2.75) is 10.7 Å². The summed E-state index contributed by atoms with van der Waals surface area (Å²) in [6.07, 6.45) is 0. The number of para-hydroxylation sites is 1. The van der Waals surface area contributed by atoms with Crippen LogP contribution < -0.4 is 5.32 Å². The highest BCUT2D eigenvalue weighted by Crippen LogP contribution is 2.33. The maximum absolute atomic E-state index is 12.6. The number of imide groups is 1. The van der Waals surface area contributed by atoms with Crippen molar-refractivity contribution in [3.05, 3.63) is 57.6 Å². The Hall–Kier alpha value is -2.16. The van der Waals surface area contributed by atoms with Crippen LogP contribution >= 0.6 is 35.0 Å². The molecule has 0 atom stereocenters. The number of amides is 3. The van der Waals surface area contributed by atoms with Gasteiger partial charge in [0.05, 0.1) is 26.9 Å². The molecule has 0 saturated carbocycles. The summed E-state index contributed by atoms with van der Waals surface area (Å²) in [7, 11) is 0. The maximum Gasteiger partial charge on any atom is 0.288 e. The molecule has 0 aromatic heterocycles. The van der Waals surface area contributed by atoms with E-state index in [1.54, 1.807) is 12.1 Å². The fourth-order valence-electron chi connectivity index (χ4n) is 2.53. The highest BCUT2D eigenvalue weighted by atomic mass is 35.5. The highest BCUT2D eigenvalue weighted by molar-refractivity contribution is 7.99. The van der Waals surface area contributed by atoms with Crippen LogP contribution in [0.1, 0.15) is 20.7 Å². The normalized spacial score (nSPS) is 13.3. The van der Waals surface area contributed by atoms with E-state index in [9.17, 15) is 23.2 Å². The largest absolute Gasteiger partial charge is 0.324 e. The van der Waals surface area contributed by atoms with Gasteiger partial charge in [-0.1, -0.05) is 47.1 Å². The van der Waals surface area contributed by atoms with E-state index < -0.39 is 30.0 Å². The van der Waals surface area contributed by atoms with Crippen molar-refractivity contribution in [2.75, 3.05) is 11.9 Å². The summed E-state index contributed by atoms with van der Waals surface area (Å²) in [4.78, 5) is 38.0. The second-order valence-electron chi connectivity index (χ2n) is 5.43. The predicted octanol–water partition coefficient (Wildman–Crippen LogP) is 4.54. The van der Waals surface area contributed by atoms with Crippen molar-refractivity contribution in [3.63, 3.8) is 0 Å². The van der Waals surface area contributed by atoms with Crippen LogP contribution in [-0.2, 0) is 4.79 Å². The molecule has 1 N–H and O–H groups in total. The topological polar surface area (TPSA) is 66.5 Å². The first-order valence-corrected chi connectivity index (χ1v) is 9.10. The molecule has 0 fully saturated rings. The lowest BCUT2D eigenvalue weighted by atomic mass is 10.1. The lowest BCUT2D eigenvalue weighted by Gasteiger charge is -2.15. The number of halogens is 4. The van der Waals surface area contributed by atoms with Gasteiger partial charge in [0.2, 0.25) is 5.91 Å². The fraction of sp³-hybridized carbons (Fsp3) is 0.118. The first-order valence-electron chi connectivity index (χ1n) is 7.47. The molecular formula is C17H10Cl2F2N2O3S. The van der Waals surface area contributed by atoms with Crippen LogP contribution in [0.3, 0.4) is 0 Å². The first kappa shape index (κ1) is 19.6. The number of anilines is 1. The zero-order valence-corrected chi connectivity index (χ0v) is 15.7. The van der Waals surface area contributed by atoms with Gasteiger partial charge in [-0.25, -0.2) is 0 Å². The second kappa shape index (κ2) is 7.84. The van der Waals surface area contributed by atoms with Crippen molar-refractivity contribution in [2.24, 2.45) is 0 Å². The van der Waals surface area contributed by atoms with Gasteiger partial charge in [-0.2, -0.15) is 8.78 Å². The Balaban J connectivity index is 1.76. The summed E-state index contributed by atoms with van der Waals surface area (Å²) in [5.41, 5.74) is 0.266. The van der Waals surface area contributed by atoms with Gasteiger partial charge in [0.15, 0.2) is 0 Å². The Kier molecular flexibility index (Phi) is 5.69. The molecule has 0 saturated heterocycles. The number of rotatable bonds is 5. The van der Waals surface area contributed by atoms with Crippen molar-refractivity contribution in [1.82, 2.24) is 4.90 Å². The van der Waals surface area contributed by atoms with Crippen molar-refractivity contribution >= 4 is 58.4 Å². The number of nitrogens with one attached hydrogen (secondary N) is 1. The number of carbonyl (C=O) groups excluding carboxylic acids is 3. The third kappa shape index (κ3) is 4.07. The number of carbonyl (C=O) groups is 3. The minimum absolute atomic E-state index is 0.0517. The maximum atomic E-state index is 12.6. The second-order valence-corrected chi connectivity index (χ2v) is 7.28. The highest BCUT2D eigenvalue weighted by Gasteiger charge is 2.37. The van der Waals surface area contributed by atoms with E-state index in [1.165, 1.54) is 24.3 Å². The standard InChI is InChI=1S/C17H10Cl2F2N2O3S/c18-10-5-8-9(6-11(10)19)16(26)23(15(8)25)7-14(24)22-12-3-1-2-4-13(12)27-17(20)21/h1-6,17H,7H2,(H,22,24). The predicted molar refractivity (Wildman–Crippen MR) is 98.8 cm³/mol. The number of thioether (sulfide) groups is 1. The molecule has 2 aromatic carbocycles. The van der Waals surface area contributed by atoms with Gasteiger partial charge in [0.25, 0.3) is 17.6 Å². The number of benzene rings is 2. The quantitative estimate of drug-likeness (QED) is 0.558. The third-order valence-corrected chi connectivity index (χ3v) is 5.20. The molecule has 0 spiro atoms. The van der Waals surface area contributed by atoms with Crippen LogP contribution in [0, 0.1) is 0 Å². The smallest absolute Gasteiger partial charge is 0.288 e. The molecule has 0 aliphatic carbocycles. The van der Waals surface area contributed by atoms with E-state index in [2.05, 4.69) is 5.32 Å². The molecule has 0 bridgehead atoms. The van der Waals surface area contributed by atoms with E-state index in [-0.39, 0.29) is 43.5 Å². The Bertz CT molecular complexity index is 915. The lowest BCUT2D eigenvalue weighted by molar-refractivity contribution is -0.116. The molecule has 1 aliphatic heterocycles. The summed E-state index contributed by atoms with van der Waals surface area (Å²) in [5, 5.41) is 2.67. The SMILES string of the molecule is O=C(CN1C(=O)c2cc(Cl)c(Cl)cc2C1=O)Nc1ccccc1SC(F)F. The molecule has 3 amide bonds. The van der Waals surface area contributed by atoms with E-state index in [4.69, 9.17) is 23.2 Å². The number of alkyl halides is 2. The Labute approximate surface area is 166 Å². The number of fused-ring (bicyclic) bond motifs is 1. The summed E-state index contributed by atoms with van der Waals surface area (Å²) in [6, 6.07) is 8.54. The van der Waals surface area contributed by atoms with Gasteiger partial charge >= 0.3 is 0 Å². The minimum atomic E-state index is -2.66. The molecular weight excluding hydrogens is 421 g/mol. The van der Waals surface area contributed by atoms with Gasteiger partial charge in [-0.15, -0.1) is 0 Å². The van der Waals surface area contributed by atoms with Crippen molar-refractivity contribution in [1.29, 1.82) is 0 Å². The average molecular weight is 431 g/mol. The van der Waals surface area contributed by atoms with Crippen LogP contribution in [0.15, 0.2) is 41.3 Å². The van der Waals surface area contributed by atoms with Crippen LogP contribution in [0.4, 0.5) is 14.5 Å². The van der Waals surface area contributed by atoms with E-state index in [0.717, 1.165) is 4.90 Å².